The Balaban J connectivity index is 1.46. The standard InChI is InChI=1S/C32H37FN4O5/c1-32(2,3)42-31(40)35-23(18-22-8-5-6-9-25(22)33)19-29(38)36-27-20-26-28(10-7-16-34-26)37(30(27)39)17-15-21-11-13-24(41-4)14-12-21/h5-14,16,23,27H,15,17-20H2,1-4H3,(H,35,40)(H,36,38)/t23-,27?/m1/s1. The molecule has 4 rings (SSSR count). The number of anilines is 1. The van der Waals surface area contributed by atoms with Gasteiger partial charge in [-0.3, -0.25) is 14.6 Å². The van der Waals surface area contributed by atoms with Crippen molar-refractivity contribution in [1.82, 2.24) is 15.6 Å². The van der Waals surface area contributed by atoms with Crippen LogP contribution in [0.25, 0.3) is 0 Å². The second kappa shape index (κ2) is 13.5. The third-order valence-corrected chi connectivity index (χ3v) is 6.81. The van der Waals surface area contributed by atoms with Crippen LogP contribution in [0.1, 0.15) is 44.0 Å². The number of pyridine rings is 1. The average molecular weight is 577 g/mol. The number of halogens is 1. The van der Waals surface area contributed by atoms with E-state index >= 15 is 0 Å². The number of benzene rings is 2. The van der Waals surface area contributed by atoms with Crippen molar-refractivity contribution in [2.45, 2.75) is 64.1 Å². The number of hydrogen-bond donors (Lipinski definition) is 2. The summed E-state index contributed by atoms with van der Waals surface area (Å²) in [4.78, 5) is 45.5. The summed E-state index contributed by atoms with van der Waals surface area (Å²) >= 11 is 0. The second-order valence-electron chi connectivity index (χ2n) is 11.2. The summed E-state index contributed by atoms with van der Waals surface area (Å²) in [7, 11) is 1.61. The van der Waals surface area contributed by atoms with Gasteiger partial charge in [0.25, 0.3) is 0 Å². The molecule has 2 heterocycles. The van der Waals surface area contributed by atoms with Gasteiger partial charge in [-0.2, -0.15) is 0 Å². The number of nitrogens with one attached hydrogen (secondary N) is 2. The number of amides is 3. The first-order valence-electron chi connectivity index (χ1n) is 13.9. The summed E-state index contributed by atoms with van der Waals surface area (Å²) in [6, 6.07) is 15.8. The lowest BCUT2D eigenvalue weighted by Gasteiger charge is -2.34. The number of carbonyl (C=O) groups is 3. The molecule has 2 atom stereocenters. The van der Waals surface area contributed by atoms with Crippen molar-refractivity contribution in [2.24, 2.45) is 0 Å². The van der Waals surface area contributed by atoms with Crippen molar-refractivity contribution in [3.63, 3.8) is 0 Å². The van der Waals surface area contributed by atoms with Gasteiger partial charge in [0.1, 0.15) is 23.2 Å². The molecule has 1 unspecified atom stereocenters. The monoisotopic (exact) mass is 576 g/mol. The zero-order valence-corrected chi connectivity index (χ0v) is 24.4. The normalized spacial score (nSPS) is 15.4. The fourth-order valence-corrected chi connectivity index (χ4v) is 4.85. The number of ether oxygens (including phenoxy) is 2. The zero-order valence-electron chi connectivity index (χ0n) is 24.4. The predicted molar refractivity (Wildman–Crippen MR) is 157 cm³/mol. The minimum Gasteiger partial charge on any atom is -0.497 e. The molecular formula is C32H37FN4O5. The number of aromatic nitrogens is 1. The van der Waals surface area contributed by atoms with Crippen molar-refractivity contribution in [3.05, 3.63) is 89.5 Å². The van der Waals surface area contributed by atoms with Crippen molar-refractivity contribution in [2.75, 3.05) is 18.6 Å². The number of alkyl carbamates (subject to hydrolysis) is 1. The van der Waals surface area contributed by atoms with E-state index in [2.05, 4.69) is 15.6 Å². The number of nitrogens with zero attached hydrogens (tertiary/aromatic N) is 2. The van der Waals surface area contributed by atoms with E-state index in [-0.39, 0.29) is 25.2 Å². The van der Waals surface area contributed by atoms with Gasteiger partial charge in [0, 0.05) is 31.6 Å². The highest BCUT2D eigenvalue weighted by Gasteiger charge is 2.35. The summed E-state index contributed by atoms with van der Waals surface area (Å²) in [5, 5.41) is 5.53. The number of carbonyl (C=O) groups excluding carboxylic acids is 3. The first-order chi connectivity index (χ1) is 20.0. The van der Waals surface area contributed by atoms with Crippen LogP contribution in [0, 0.1) is 5.82 Å². The van der Waals surface area contributed by atoms with E-state index < -0.39 is 35.5 Å². The molecule has 3 amide bonds. The second-order valence-corrected chi connectivity index (χ2v) is 11.2. The van der Waals surface area contributed by atoms with Gasteiger partial charge in [-0.05, 0) is 75.1 Å². The van der Waals surface area contributed by atoms with E-state index in [0.717, 1.165) is 11.3 Å². The highest BCUT2D eigenvalue weighted by Crippen LogP contribution is 2.27. The molecule has 2 N–H and O–H groups in total. The van der Waals surface area contributed by atoms with Gasteiger partial charge < -0.3 is 25.0 Å². The largest absolute Gasteiger partial charge is 0.497 e. The zero-order chi connectivity index (χ0) is 30.3. The number of methoxy groups -OCH3 is 1. The maximum atomic E-state index is 14.4. The lowest BCUT2D eigenvalue weighted by molar-refractivity contribution is -0.128. The van der Waals surface area contributed by atoms with Crippen molar-refractivity contribution < 1.29 is 28.2 Å². The maximum Gasteiger partial charge on any atom is 0.407 e. The van der Waals surface area contributed by atoms with Gasteiger partial charge in [0.2, 0.25) is 11.8 Å². The molecule has 1 aromatic heterocycles. The molecular weight excluding hydrogens is 539 g/mol. The number of fused-ring (bicyclic) bond motifs is 1. The molecule has 1 aliphatic rings. The lowest BCUT2D eigenvalue weighted by atomic mass is 9.99. The Morgan fingerprint density at radius 2 is 1.83 bits per heavy atom. The minimum absolute atomic E-state index is 0.0658. The minimum atomic E-state index is -0.841. The Labute approximate surface area is 245 Å². The van der Waals surface area contributed by atoms with E-state index in [1.807, 2.05) is 30.3 Å². The summed E-state index contributed by atoms with van der Waals surface area (Å²) in [6.07, 6.45) is 1.65. The Morgan fingerprint density at radius 3 is 2.52 bits per heavy atom. The molecule has 1 aliphatic heterocycles. The topological polar surface area (TPSA) is 110 Å². The third-order valence-electron chi connectivity index (χ3n) is 6.81. The van der Waals surface area contributed by atoms with Gasteiger partial charge in [-0.25, -0.2) is 9.18 Å². The van der Waals surface area contributed by atoms with Gasteiger partial charge in [-0.15, -0.1) is 0 Å². The Morgan fingerprint density at radius 1 is 1.10 bits per heavy atom. The molecule has 0 saturated heterocycles. The molecule has 0 saturated carbocycles. The van der Waals surface area contributed by atoms with Gasteiger partial charge in [0.15, 0.2) is 0 Å². The quantitative estimate of drug-likeness (QED) is 0.371. The molecule has 10 heteroatoms. The fraction of sp³-hybridized carbons (Fsp3) is 0.375. The predicted octanol–water partition coefficient (Wildman–Crippen LogP) is 4.37. The molecule has 42 heavy (non-hydrogen) atoms. The smallest absolute Gasteiger partial charge is 0.407 e. The molecule has 0 aliphatic carbocycles. The molecule has 0 spiro atoms. The Hall–Kier alpha value is -4.47. The van der Waals surface area contributed by atoms with E-state index in [9.17, 15) is 18.8 Å². The third kappa shape index (κ3) is 8.28. The average Bonchev–Trinajstić information content (AvgIpc) is 2.93. The SMILES string of the molecule is COc1ccc(CCN2C(=O)C(NC(=O)C[C@@H](Cc3ccccc3F)NC(=O)OC(C)(C)C)Cc3ncccc32)cc1. The fourth-order valence-electron chi connectivity index (χ4n) is 4.85. The highest BCUT2D eigenvalue weighted by atomic mass is 19.1. The van der Waals surface area contributed by atoms with Crippen LogP contribution < -0.4 is 20.3 Å². The van der Waals surface area contributed by atoms with E-state index in [1.165, 1.54) is 6.07 Å². The highest BCUT2D eigenvalue weighted by molar-refractivity contribution is 6.01. The van der Waals surface area contributed by atoms with Crippen LogP contribution in [0.3, 0.4) is 0 Å². The van der Waals surface area contributed by atoms with Crippen molar-refractivity contribution >= 4 is 23.6 Å². The first kappa shape index (κ1) is 30.5. The van der Waals surface area contributed by atoms with Crippen LogP contribution in [0.4, 0.5) is 14.9 Å². The summed E-state index contributed by atoms with van der Waals surface area (Å²) in [5.41, 5.74) is 2.05. The lowest BCUT2D eigenvalue weighted by Crippen LogP contribution is -2.54. The van der Waals surface area contributed by atoms with Crippen LogP contribution in [0.5, 0.6) is 5.75 Å². The molecule has 0 bridgehead atoms. The van der Waals surface area contributed by atoms with Gasteiger partial charge in [0.05, 0.1) is 18.5 Å². The van der Waals surface area contributed by atoms with Crippen molar-refractivity contribution in [1.29, 1.82) is 0 Å². The maximum absolute atomic E-state index is 14.4. The Kier molecular flexibility index (Phi) is 9.77. The molecule has 3 aromatic rings. The molecule has 222 valence electrons. The van der Waals surface area contributed by atoms with Crippen LogP contribution in [0.2, 0.25) is 0 Å². The van der Waals surface area contributed by atoms with Crippen LogP contribution in [-0.2, 0) is 33.6 Å². The van der Waals surface area contributed by atoms with E-state index in [4.69, 9.17) is 9.47 Å². The number of rotatable bonds is 10. The van der Waals surface area contributed by atoms with Crippen LogP contribution in [0.15, 0.2) is 66.9 Å². The van der Waals surface area contributed by atoms with E-state index in [0.29, 0.717) is 29.9 Å². The van der Waals surface area contributed by atoms with Gasteiger partial charge in [-0.1, -0.05) is 30.3 Å². The van der Waals surface area contributed by atoms with E-state index in [1.54, 1.807) is 63.2 Å². The Bertz CT molecular complexity index is 1410. The van der Waals surface area contributed by atoms with Gasteiger partial charge >= 0.3 is 6.09 Å². The summed E-state index contributed by atoms with van der Waals surface area (Å²) in [6.45, 7) is 5.58. The summed E-state index contributed by atoms with van der Waals surface area (Å²) < 4.78 is 25.0. The molecule has 0 fully saturated rings. The summed E-state index contributed by atoms with van der Waals surface area (Å²) in [5.74, 6) is -0.394. The number of hydrogen-bond acceptors (Lipinski definition) is 6. The molecule has 9 nitrogen and oxygen atoms in total. The first-order valence-corrected chi connectivity index (χ1v) is 13.9. The van der Waals surface area contributed by atoms with Crippen molar-refractivity contribution in [3.8, 4) is 5.75 Å². The molecule has 2 aromatic carbocycles. The van der Waals surface area contributed by atoms with Crippen LogP contribution >= 0.6 is 0 Å². The molecule has 0 radical (unpaired) electrons. The van der Waals surface area contributed by atoms with Crippen LogP contribution in [-0.4, -0.2) is 54.2 Å².